The van der Waals surface area contributed by atoms with E-state index in [0.717, 1.165) is 12.1 Å². The summed E-state index contributed by atoms with van der Waals surface area (Å²) in [7, 11) is 1.56. The monoisotopic (exact) mass is 504 g/mol. The van der Waals surface area contributed by atoms with Crippen LogP contribution in [-0.4, -0.2) is 38.2 Å². The molecule has 9 nitrogen and oxygen atoms in total. The van der Waals surface area contributed by atoms with Crippen molar-refractivity contribution >= 4 is 40.3 Å². The van der Waals surface area contributed by atoms with Gasteiger partial charge in [-0.3, -0.25) is 14.9 Å². The van der Waals surface area contributed by atoms with Gasteiger partial charge in [0.25, 0.3) is 5.91 Å². The van der Waals surface area contributed by atoms with Crippen LogP contribution in [0.4, 0.5) is 24.5 Å². The van der Waals surface area contributed by atoms with Gasteiger partial charge in [0.05, 0.1) is 17.0 Å². The molecule has 0 saturated carbocycles. The van der Waals surface area contributed by atoms with Gasteiger partial charge in [-0.2, -0.15) is 23.4 Å². The first-order valence-electron chi connectivity index (χ1n) is 10.1. The molecule has 0 radical (unpaired) electrons. The number of nitrogens with zero attached hydrogens (tertiary/aromatic N) is 3. The van der Waals surface area contributed by atoms with E-state index in [1.165, 1.54) is 16.8 Å². The number of carbonyl (C=O) groups excluding carboxylic acids is 1. The number of aryl methyl sites for hydroxylation is 1. The fourth-order valence-electron chi connectivity index (χ4n) is 3.40. The van der Waals surface area contributed by atoms with Gasteiger partial charge < -0.3 is 20.5 Å². The van der Waals surface area contributed by atoms with Crippen LogP contribution >= 0.6 is 12.2 Å². The molecular formula is C22H19F3N6O3S. The summed E-state index contributed by atoms with van der Waals surface area (Å²) < 4.78 is 45.2. The van der Waals surface area contributed by atoms with Gasteiger partial charge in [-0.25, -0.2) is 0 Å². The topological polar surface area (TPSA) is 113 Å². The maximum Gasteiger partial charge on any atom is 0.416 e. The number of alkyl halides is 3. The number of thiocarbonyl (C=S) groups is 1. The maximum absolute atomic E-state index is 12.8. The molecule has 2 aromatic carbocycles. The number of hydrazone groups is 1. The van der Waals surface area contributed by atoms with Crippen LogP contribution in [-0.2, 0) is 18.0 Å². The molecule has 4 rings (SSSR count). The van der Waals surface area contributed by atoms with E-state index >= 15 is 0 Å². The van der Waals surface area contributed by atoms with Crippen molar-refractivity contribution in [2.75, 3.05) is 17.2 Å². The molecular weight excluding hydrogens is 485 g/mol. The number of rotatable bonds is 4. The molecule has 0 spiro atoms. The number of aromatic hydroxyl groups is 1. The summed E-state index contributed by atoms with van der Waals surface area (Å²) in [5.41, 5.74) is 4.03. The van der Waals surface area contributed by atoms with Crippen LogP contribution in [0, 0.1) is 0 Å². The number of benzene rings is 2. The molecule has 182 valence electrons. The minimum atomic E-state index is -4.46. The van der Waals surface area contributed by atoms with Crippen molar-refractivity contribution in [3.8, 4) is 22.8 Å². The molecule has 1 aliphatic rings. The van der Waals surface area contributed by atoms with Gasteiger partial charge in [0.15, 0.2) is 23.2 Å². The lowest BCUT2D eigenvalue weighted by Crippen LogP contribution is -2.26. The van der Waals surface area contributed by atoms with Crippen molar-refractivity contribution in [2.45, 2.75) is 13.1 Å². The van der Waals surface area contributed by atoms with E-state index in [4.69, 9.17) is 17.0 Å². The number of ether oxygens (including phenoxy) is 1. The zero-order chi connectivity index (χ0) is 25.3. The number of hydrogen-bond acceptors (Lipinski definition) is 6. The maximum atomic E-state index is 12.8. The van der Waals surface area contributed by atoms with E-state index in [0.29, 0.717) is 22.7 Å². The highest BCUT2D eigenvalue weighted by Crippen LogP contribution is 2.35. The zero-order valence-electron chi connectivity index (χ0n) is 18.4. The summed E-state index contributed by atoms with van der Waals surface area (Å²) in [6, 6.07) is 9.43. The minimum Gasteiger partial charge on any atom is -0.504 e. The molecule has 0 fully saturated rings. The summed E-state index contributed by atoms with van der Waals surface area (Å²) in [6.45, 7) is 1.51. The molecule has 13 heteroatoms. The van der Waals surface area contributed by atoms with Crippen LogP contribution in [0.2, 0.25) is 0 Å². The van der Waals surface area contributed by atoms with E-state index in [1.807, 2.05) is 0 Å². The number of amides is 1. The second-order valence-electron chi connectivity index (χ2n) is 7.56. The van der Waals surface area contributed by atoms with Gasteiger partial charge in [-0.1, -0.05) is 12.1 Å². The third-order valence-electron chi connectivity index (χ3n) is 5.05. The highest BCUT2D eigenvalue weighted by atomic mass is 32.1. The van der Waals surface area contributed by atoms with E-state index in [-0.39, 0.29) is 40.5 Å². The highest BCUT2D eigenvalue weighted by molar-refractivity contribution is 7.80. The average Bonchev–Trinajstić information content (AvgIpc) is 3.11. The highest BCUT2D eigenvalue weighted by Gasteiger charge is 2.30. The second-order valence-corrected chi connectivity index (χ2v) is 7.96. The quantitative estimate of drug-likeness (QED) is 0.243. The standard InChI is InChI=1S/C22H19F3N6O3S/c1-11(28-29-21(35)26-14-7-8-15-16(9-14)34-10-17(32)27-15)18-20(33)19(31(2)30-18)12-3-5-13(6-4-12)22(23,24)25/h3-9,33H,10H2,1-2H3,(H,27,32)(H2,26,29,35)/b28-11+. The second kappa shape index (κ2) is 9.25. The third kappa shape index (κ3) is 5.19. The van der Waals surface area contributed by atoms with Crippen molar-refractivity contribution in [1.82, 2.24) is 15.2 Å². The molecule has 1 amide bonds. The molecule has 1 aliphatic heterocycles. The zero-order valence-corrected chi connectivity index (χ0v) is 19.2. The van der Waals surface area contributed by atoms with Crippen LogP contribution in [0.3, 0.4) is 0 Å². The summed E-state index contributed by atoms with van der Waals surface area (Å²) in [4.78, 5) is 11.4. The normalized spacial score (nSPS) is 13.5. The van der Waals surface area contributed by atoms with Gasteiger partial charge in [0, 0.05) is 24.4 Å². The fraction of sp³-hybridized carbons (Fsp3) is 0.182. The van der Waals surface area contributed by atoms with Crippen LogP contribution in [0.5, 0.6) is 11.5 Å². The molecule has 0 saturated heterocycles. The Morgan fingerprint density at radius 3 is 2.66 bits per heavy atom. The molecule has 0 atom stereocenters. The molecule has 3 aromatic rings. The van der Waals surface area contributed by atoms with E-state index in [1.54, 1.807) is 32.2 Å². The Labute approximate surface area is 202 Å². The SMILES string of the molecule is C/C(=N\NC(=S)Nc1ccc2c(c1)OCC(=O)N2)c1nn(C)c(-c2ccc(C(F)(F)F)cc2)c1O. The first kappa shape index (κ1) is 24.0. The predicted molar refractivity (Wildman–Crippen MR) is 127 cm³/mol. The summed E-state index contributed by atoms with van der Waals surface area (Å²) >= 11 is 5.24. The summed E-state index contributed by atoms with van der Waals surface area (Å²) in [5.74, 6) is 0.0221. The molecule has 4 N–H and O–H groups in total. The number of fused-ring (bicyclic) bond motifs is 1. The molecule has 1 aromatic heterocycles. The van der Waals surface area contributed by atoms with Crippen molar-refractivity contribution in [3.63, 3.8) is 0 Å². The molecule has 0 unspecified atom stereocenters. The lowest BCUT2D eigenvalue weighted by molar-refractivity contribution is -0.137. The predicted octanol–water partition coefficient (Wildman–Crippen LogP) is 3.85. The van der Waals surface area contributed by atoms with Crippen molar-refractivity contribution in [3.05, 3.63) is 53.7 Å². The Morgan fingerprint density at radius 2 is 1.97 bits per heavy atom. The van der Waals surface area contributed by atoms with Gasteiger partial charge in [0.1, 0.15) is 11.4 Å². The van der Waals surface area contributed by atoms with Crippen molar-refractivity contribution < 1.29 is 27.8 Å². The van der Waals surface area contributed by atoms with Crippen LogP contribution in [0.1, 0.15) is 18.2 Å². The smallest absolute Gasteiger partial charge is 0.416 e. The molecule has 0 bridgehead atoms. The number of halogens is 3. The summed E-state index contributed by atoms with van der Waals surface area (Å²) in [6.07, 6.45) is -4.46. The minimum absolute atomic E-state index is 0.0787. The van der Waals surface area contributed by atoms with Gasteiger partial charge in [-0.05, 0) is 43.4 Å². The Kier molecular flexibility index (Phi) is 6.35. The number of carbonyl (C=O) groups is 1. The van der Waals surface area contributed by atoms with E-state index in [2.05, 4.69) is 26.3 Å². The Morgan fingerprint density at radius 1 is 1.26 bits per heavy atom. The van der Waals surface area contributed by atoms with Gasteiger partial charge in [-0.15, -0.1) is 0 Å². The van der Waals surface area contributed by atoms with Gasteiger partial charge >= 0.3 is 6.18 Å². The third-order valence-corrected chi connectivity index (χ3v) is 5.24. The molecule has 35 heavy (non-hydrogen) atoms. The number of anilines is 2. The molecule has 2 heterocycles. The fourth-order valence-corrected chi connectivity index (χ4v) is 3.56. The molecule has 0 aliphatic carbocycles. The van der Waals surface area contributed by atoms with Crippen molar-refractivity contribution in [1.29, 1.82) is 0 Å². The Bertz CT molecular complexity index is 1340. The Balaban J connectivity index is 1.46. The van der Waals surface area contributed by atoms with Crippen LogP contribution in [0.25, 0.3) is 11.3 Å². The van der Waals surface area contributed by atoms with Crippen molar-refractivity contribution in [2.24, 2.45) is 12.1 Å². The largest absolute Gasteiger partial charge is 0.504 e. The van der Waals surface area contributed by atoms with Crippen LogP contribution < -0.4 is 20.8 Å². The van der Waals surface area contributed by atoms with E-state index < -0.39 is 11.7 Å². The number of aromatic nitrogens is 2. The van der Waals surface area contributed by atoms with Crippen LogP contribution in [0.15, 0.2) is 47.6 Å². The van der Waals surface area contributed by atoms with E-state index in [9.17, 15) is 23.1 Å². The average molecular weight is 504 g/mol. The number of hydrogen-bond donors (Lipinski definition) is 4. The first-order valence-corrected chi connectivity index (χ1v) is 10.6. The first-order chi connectivity index (χ1) is 16.5. The lowest BCUT2D eigenvalue weighted by atomic mass is 10.1. The number of nitrogens with one attached hydrogen (secondary N) is 3. The summed E-state index contributed by atoms with van der Waals surface area (Å²) in [5, 5.41) is 24.8. The lowest BCUT2D eigenvalue weighted by Gasteiger charge is -2.18. The Hall–Kier alpha value is -4.13. The van der Waals surface area contributed by atoms with Gasteiger partial charge in [0.2, 0.25) is 0 Å².